The van der Waals surface area contributed by atoms with Crippen molar-refractivity contribution in [1.29, 1.82) is 5.26 Å². The van der Waals surface area contributed by atoms with Gasteiger partial charge in [0, 0.05) is 36.7 Å². The van der Waals surface area contributed by atoms with E-state index in [0.717, 1.165) is 30.9 Å². The highest BCUT2D eigenvalue weighted by Crippen LogP contribution is 2.29. The Labute approximate surface area is 147 Å². The molecule has 2 rings (SSSR count). The van der Waals surface area contributed by atoms with Gasteiger partial charge in [0.1, 0.15) is 0 Å². The molecule has 0 fully saturated rings. The van der Waals surface area contributed by atoms with E-state index in [4.69, 9.17) is 14.7 Å². The molecule has 0 aliphatic rings. The Hall–Kier alpha value is -2.92. The van der Waals surface area contributed by atoms with Crippen molar-refractivity contribution in [3.63, 3.8) is 0 Å². The number of rotatable bonds is 10. The molecular weight excluding hydrogens is 320 g/mol. The lowest BCUT2D eigenvalue weighted by atomic mass is 10.2. The molecule has 0 saturated heterocycles. The number of ether oxygens (including phenoxy) is 2. The molecule has 0 amide bonds. The molecule has 0 aliphatic carbocycles. The average molecular weight is 344 g/mol. The van der Waals surface area contributed by atoms with E-state index in [9.17, 15) is 0 Å². The van der Waals surface area contributed by atoms with Gasteiger partial charge in [0.25, 0.3) is 0 Å². The zero-order valence-corrected chi connectivity index (χ0v) is 14.7. The number of nitriles is 1. The number of hydrogen-bond donors (Lipinski definition) is 3. The first kappa shape index (κ1) is 18.4. The zero-order chi connectivity index (χ0) is 18.1. The third kappa shape index (κ3) is 5.29. The Morgan fingerprint density at radius 2 is 2.08 bits per heavy atom. The molecule has 0 saturated carbocycles. The summed E-state index contributed by atoms with van der Waals surface area (Å²) in [6, 6.07) is 5.50. The van der Waals surface area contributed by atoms with E-state index in [2.05, 4.69) is 25.5 Å². The Morgan fingerprint density at radius 3 is 2.72 bits per heavy atom. The van der Waals surface area contributed by atoms with E-state index in [-0.39, 0.29) is 6.29 Å². The molecule has 0 bridgehead atoms. The van der Waals surface area contributed by atoms with Crippen LogP contribution < -0.4 is 25.4 Å². The molecule has 1 heterocycles. The average Bonchev–Trinajstić information content (AvgIpc) is 3.03. The van der Waals surface area contributed by atoms with Gasteiger partial charge in [0.15, 0.2) is 24.0 Å². The maximum absolute atomic E-state index is 8.94. The fraction of sp³-hybridized carbons (Fsp3) is 0.412. The lowest BCUT2D eigenvalue weighted by Crippen LogP contribution is -2.46. The molecule has 0 spiro atoms. The van der Waals surface area contributed by atoms with Crippen LogP contribution in [-0.2, 0) is 6.54 Å². The maximum Gasteiger partial charge on any atom is 0.179 e. The highest BCUT2D eigenvalue weighted by molar-refractivity contribution is 5.55. The molecule has 0 radical (unpaired) electrons. The highest BCUT2D eigenvalue weighted by atomic mass is 16.5. The first-order valence-electron chi connectivity index (χ1n) is 8.01. The fourth-order valence-electron chi connectivity index (χ4n) is 2.41. The van der Waals surface area contributed by atoms with E-state index in [0.29, 0.717) is 11.5 Å². The number of aryl methyl sites for hydroxylation is 2. The van der Waals surface area contributed by atoms with Crippen LogP contribution in [0.15, 0.2) is 30.7 Å². The van der Waals surface area contributed by atoms with Crippen LogP contribution in [0.2, 0.25) is 0 Å². The van der Waals surface area contributed by atoms with Crippen LogP contribution in [0.3, 0.4) is 0 Å². The summed E-state index contributed by atoms with van der Waals surface area (Å²) in [5, 5.41) is 18.1. The summed E-state index contributed by atoms with van der Waals surface area (Å²) >= 11 is 0. The summed E-state index contributed by atoms with van der Waals surface area (Å²) in [5.41, 5.74) is 1.94. The van der Waals surface area contributed by atoms with Gasteiger partial charge >= 0.3 is 0 Å². The molecule has 134 valence electrons. The predicted molar refractivity (Wildman–Crippen MR) is 95.3 cm³/mol. The van der Waals surface area contributed by atoms with Gasteiger partial charge in [-0.25, -0.2) is 4.98 Å². The van der Waals surface area contributed by atoms with Crippen LogP contribution in [0.5, 0.6) is 11.5 Å². The number of methoxy groups -OCH3 is 2. The normalized spacial score (nSPS) is 11.4. The van der Waals surface area contributed by atoms with Crippen LogP contribution in [-0.4, -0.2) is 36.6 Å². The van der Waals surface area contributed by atoms with E-state index in [1.54, 1.807) is 14.2 Å². The SMILES string of the molecule is COc1ccc(NC(NC#N)NCCCn2cncc2C)cc1OC. The van der Waals surface area contributed by atoms with Crippen LogP contribution in [0.4, 0.5) is 5.69 Å². The third-order valence-electron chi connectivity index (χ3n) is 3.75. The van der Waals surface area contributed by atoms with Crippen LogP contribution in [0.1, 0.15) is 12.1 Å². The van der Waals surface area contributed by atoms with Gasteiger partial charge in [0.2, 0.25) is 0 Å². The summed E-state index contributed by atoms with van der Waals surface area (Å²) in [6.45, 7) is 3.63. The third-order valence-corrected chi connectivity index (χ3v) is 3.75. The number of imidazole rings is 1. The minimum Gasteiger partial charge on any atom is -0.493 e. The van der Waals surface area contributed by atoms with Gasteiger partial charge in [-0.2, -0.15) is 5.26 Å². The Kier molecular flexibility index (Phi) is 6.92. The summed E-state index contributed by atoms with van der Waals surface area (Å²) in [5.74, 6) is 1.28. The first-order valence-corrected chi connectivity index (χ1v) is 8.01. The standard InChI is InChI=1S/C17H24N6O2/c1-13-10-19-12-23(13)8-4-7-20-17(21-11-18)22-14-5-6-15(24-2)16(9-14)25-3/h5-6,9-10,12,17,20-22H,4,7-8H2,1-3H3. The van der Waals surface area contributed by atoms with Gasteiger partial charge in [-0.3, -0.25) is 10.6 Å². The van der Waals surface area contributed by atoms with Crippen molar-refractivity contribution in [3.8, 4) is 17.7 Å². The molecule has 1 aromatic carbocycles. The van der Waals surface area contributed by atoms with Gasteiger partial charge in [-0.05, 0) is 25.5 Å². The highest BCUT2D eigenvalue weighted by Gasteiger charge is 2.09. The lowest BCUT2D eigenvalue weighted by molar-refractivity contribution is 0.355. The molecule has 1 atom stereocenters. The van der Waals surface area contributed by atoms with Crippen LogP contribution >= 0.6 is 0 Å². The van der Waals surface area contributed by atoms with Crippen LogP contribution in [0, 0.1) is 18.4 Å². The van der Waals surface area contributed by atoms with E-state index in [1.165, 1.54) is 0 Å². The zero-order valence-electron chi connectivity index (χ0n) is 14.7. The van der Waals surface area contributed by atoms with Crippen LogP contribution in [0.25, 0.3) is 0 Å². The summed E-state index contributed by atoms with van der Waals surface area (Å²) in [7, 11) is 3.18. The van der Waals surface area contributed by atoms with E-state index in [1.807, 2.05) is 43.8 Å². The molecule has 1 unspecified atom stereocenters. The molecule has 1 aromatic heterocycles. The van der Waals surface area contributed by atoms with Gasteiger partial charge in [-0.15, -0.1) is 0 Å². The predicted octanol–water partition coefficient (Wildman–Crippen LogP) is 1.65. The topological polar surface area (TPSA) is 96.2 Å². The quantitative estimate of drug-likeness (QED) is 0.261. The van der Waals surface area contributed by atoms with Crippen molar-refractivity contribution in [1.82, 2.24) is 20.2 Å². The Balaban J connectivity index is 1.87. The van der Waals surface area contributed by atoms with Crippen molar-refractivity contribution in [3.05, 3.63) is 36.4 Å². The number of nitrogens with zero attached hydrogens (tertiary/aromatic N) is 3. The molecule has 8 nitrogen and oxygen atoms in total. The monoisotopic (exact) mass is 344 g/mol. The number of aromatic nitrogens is 2. The molecular formula is C17H24N6O2. The lowest BCUT2D eigenvalue weighted by Gasteiger charge is -2.20. The van der Waals surface area contributed by atoms with Crippen molar-refractivity contribution in [2.45, 2.75) is 26.2 Å². The molecule has 25 heavy (non-hydrogen) atoms. The first-order chi connectivity index (χ1) is 12.2. The number of anilines is 1. The second kappa shape index (κ2) is 9.39. The second-order valence-electron chi connectivity index (χ2n) is 5.44. The largest absolute Gasteiger partial charge is 0.493 e. The summed E-state index contributed by atoms with van der Waals surface area (Å²) in [4.78, 5) is 4.10. The van der Waals surface area contributed by atoms with Gasteiger partial charge in [-0.1, -0.05) is 0 Å². The molecule has 2 aromatic rings. The number of benzene rings is 1. The van der Waals surface area contributed by atoms with E-state index >= 15 is 0 Å². The number of hydrogen-bond acceptors (Lipinski definition) is 7. The molecule has 8 heteroatoms. The number of nitrogens with one attached hydrogen (secondary N) is 3. The van der Waals surface area contributed by atoms with Crippen molar-refractivity contribution in [2.75, 3.05) is 26.1 Å². The summed E-state index contributed by atoms with van der Waals surface area (Å²) < 4.78 is 12.6. The van der Waals surface area contributed by atoms with E-state index < -0.39 is 0 Å². The van der Waals surface area contributed by atoms with Crippen molar-refractivity contribution >= 4 is 5.69 Å². The molecule has 3 N–H and O–H groups in total. The smallest absolute Gasteiger partial charge is 0.179 e. The van der Waals surface area contributed by atoms with Crippen molar-refractivity contribution < 1.29 is 9.47 Å². The maximum atomic E-state index is 8.94. The van der Waals surface area contributed by atoms with Gasteiger partial charge < -0.3 is 19.4 Å². The minimum atomic E-state index is -0.382. The summed E-state index contributed by atoms with van der Waals surface area (Å²) in [6.07, 6.45) is 6.15. The fourth-order valence-corrected chi connectivity index (χ4v) is 2.41. The molecule has 0 aliphatic heterocycles. The second-order valence-corrected chi connectivity index (χ2v) is 5.44. The van der Waals surface area contributed by atoms with Crippen molar-refractivity contribution in [2.24, 2.45) is 0 Å². The Morgan fingerprint density at radius 1 is 1.28 bits per heavy atom. The minimum absolute atomic E-state index is 0.382. The van der Waals surface area contributed by atoms with Gasteiger partial charge in [0.05, 0.1) is 20.5 Å². The Bertz CT molecular complexity index is 709.